The molecule has 0 aliphatic rings. The predicted octanol–water partition coefficient (Wildman–Crippen LogP) is 7.51. The summed E-state index contributed by atoms with van der Waals surface area (Å²) in [5, 5.41) is 3.47. The molecule has 0 aliphatic carbocycles. The van der Waals surface area contributed by atoms with E-state index in [0.29, 0.717) is 12.1 Å². The molecule has 0 bridgehead atoms. The van der Waals surface area contributed by atoms with Gasteiger partial charge in [-0.1, -0.05) is 48.5 Å². The van der Waals surface area contributed by atoms with Crippen molar-refractivity contribution in [1.29, 1.82) is 0 Å². The summed E-state index contributed by atoms with van der Waals surface area (Å²) in [6.07, 6.45) is 0. The second kappa shape index (κ2) is 13.3. The van der Waals surface area contributed by atoms with Gasteiger partial charge in [-0.25, -0.2) is 4.99 Å². The van der Waals surface area contributed by atoms with Crippen LogP contribution in [-0.2, 0) is 0 Å². The lowest BCUT2D eigenvalue weighted by Crippen LogP contribution is -2.38. The van der Waals surface area contributed by atoms with Crippen LogP contribution in [0, 0.1) is 0 Å². The molecule has 5 heteroatoms. The summed E-state index contributed by atoms with van der Waals surface area (Å²) in [4.78, 5) is 8.72. The molecule has 0 saturated carbocycles. The highest BCUT2D eigenvalue weighted by Crippen LogP contribution is 2.23. The Morgan fingerprint density at radius 1 is 0.812 bits per heavy atom. The Kier molecular flexibility index (Phi) is 10.8. The summed E-state index contributed by atoms with van der Waals surface area (Å²) in [7, 11) is 0. The minimum Gasteiger partial charge on any atom is -0.340 e. The molecule has 0 heterocycles. The maximum atomic E-state index is 4.91. The first-order valence-electron chi connectivity index (χ1n) is 11.0. The first-order valence-corrected chi connectivity index (χ1v) is 12.0. The molecule has 0 fully saturated rings. The van der Waals surface area contributed by atoms with Gasteiger partial charge in [0.25, 0.3) is 0 Å². The highest BCUT2D eigenvalue weighted by molar-refractivity contribution is 7.99. The summed E-state index contributed by atoms with van der Waals surface area (Å²) in [5.74, 6) is 1.93. The summed E-state index contributed by atoms with van der Waals surface area (Å²) < 4.78 is 0. The lowest BCUT2D eigenvalue weighted by molar-refractivity contribution is 0.187. The van der Waals surface area contributed by atoms with Gasteiger partial charge in [0.1, 0.15) is 5.84 Å². The average molecular weight is 468 g/mol. The van der Waals surface area contributed by atoms with E-state index in [9.17, 15) is 0 Å². The van der Waals surface area contributed by atoms with E-state index >= 15 is 0 Å². The summed E-state index contributed by atoms with van der Waals surface area (Å²) in [5.41, 5.74) is 3.03. The Morgan fingerprint density at radius 3 is 1.94 bits per heavy atom. The van der Waals surface area contributed by atoms with Crippen LogP contribution < -0.4 is 5.32 Å². The van der Waals surface area contributed by atoms with Crippen molar-refractivity contribution in [2.24, 2.45) is 4.99 Å². The van der Waals surface area contributed by atoms with Crippen molar-refractivity contribution < 1.29 is 0 Å². The molecular weight excluding hydrogens is 434 g/mol. The van der Waals surface area contributed by atoms with Gasteiger partial charge in [-0.3, -0.25) is 4.90 Å². The molecule has 0 unspecified atom stereocenters. The van der Waals surface area contributed by atoms with Crippen LogP contribution in [0.1, 0.15) is 33.3 Å². The third kappa shape index (κ3) is 8.01. The van der Waals surface area contributed by atoms with E-state index in [4.69, 9.17) is 4.99 Å². The number of nitrogens with one attached hydrogen (secondary N) is 1. The van der Waals surface area contributed by atoms with Gasteiger partial charge in [0, 0.05) is 40.5 Å². The summed E-state index contributed by atoms with van der Waals surface area (Å²) in [6.45, 7) is 10.2. The van der Waals surface area contributed by atoms with E-state index in [1.165, 1.54) is 4.90 Å². The Morgan fingerprint density at radius 2 is 1.38 bits per heavy atom. The molecule has 0 amide bonds. The number of nitrogens with zero attached hydrogens (tertiary/aromatic N) is 2. The van der Waals surface area contributed by atoms with Crippen LogP contribution in [0.4, 0.5) is 11.4 Å². The molecule has 1 N–H and O–H groups in total. The van der Waals surface area contributed by atoms with Crippen molar-refractivity contribution in [2.75, 3.05) is 17.6 Å². The number of thioether (sulfide) groups is 1. The summed E-state index contributed by atoms with van der Waals surface area (Å²) >= 11 is 1.90. The molecule has 170 valence electrons. The van der Waals surface area contributed by atoms with Crippen LogP contribution in [0.25, 0.3) is 0 Å². The van der Waals surface area contributed by atoms with Crippen LogP contribution >= 0.6 is 24.2 Å². The van der Waals surface area contributed by atoms with Gasteiger partial charge in [0.05, 0.1) is 5.69 Å². The van der Waals surface area contributed by atoms with Crippen molar-refractivity contribution in [3.05, 3.63) is 90.5 Å². The topological polar surface area (TPSA) is 27.6 Å². The monoisotopic (exact) mass is 467 g/mol. The smallest absolute Gasteiger partial charge is 0.138 e. The predicted molar refractivity (Wildman–Crippen MR) is 144 cm³/mol. The van der Waals surface area contributed by atoms with Gasteiger partial charge in [0.15, 0.2) is 0 Å². The number of halogens is 1. The van der Waals surface area contributed by atoms with E-state index in [1.54, 1.807) is 0 Å². The number of anilines is 1. The van der Waals surface area contributed by atoms with Crippen molar-refractivity contribution in [3.8, 4) is 0 Å². The normalized spacial score (nSPS) is 11.7. The zero-order valence-electron chi connectivity index (χ0n) is 19.4. The fourth-order valence-corrected chi connectivity index (χ4v) is 4.41. The zero-order valence-corrected chi connectivity index (χ0v) is 21.0. The minimum absolute atomic E-state index is 0. The number of para-hydroxylation sites is 1. The minimum atomic E-state index is 0. The van der Waals surface area contributed by atoms with Gasteiger partial charge in [-0.05, 0) is 64.1 Å². The standard InChI is InChI=1S/C27H33N3S.ClH/c1-21(2)30(22(3)4)19-20-31-26-17-15-25(16-18-26)29-27(23-11-7-5-8-12-23)28-24-13-9-6-10-14-24;/h5-18,21-22H,19-20H2,1-4H3,(H,28,29);1H. The Labute approximate surface area is 203 Å². The van der Waals surface area contributed by atoms with E-state index in [1.807, 2.05) is 48.2 Å². The molecule has 3 nitrogen and oxygen atoms in total. The molecule has 0 spiro atoms. The van der Waals surface area contributed by atoms with Crippen LogP contribution in [0.3, 0.4) is 0 Å². The molecular formula is C27H34ClN3S. The largest absolute Gasteiger partial charge is 0.340 e. The number of amidine groups is 1. The molecule has 0 saturated heterocycles. The molecule has 0 radical (unpaired) electrons. The van der Waals surface area contributed by atoms with Crippen molar-refractivity contribution in [1.82, 2.24) is 4.90 Å². The molecule has 3 rings (SSSR count). The van der Waals surface area contributed by atoms with Crippen LogP contribution in [0.5, 0.6) is 0 Å². The van der Waals surface area contributed by atoms with E-state index in [-0.39, 0.29) is 12.4 Å². The van der Waals surface area contributed by atoms with E-state index in [0.717, 1.165) is 35.1 Å². The van der Waals surface area contributed by atoms with Crippen LogP contribution in [0.15, 0.2) is 94.8 Å². The number of aliphatic imine (C=N–C) groups is 1. The maximum Gasteiger partial charge on any atom is 0.138 e. The Bertz CT molecular complexity index is 934. The average Bonchev–Trinajstić information content (AvgIpc) is 2.78. The van der Waals surface area contributed by atoms with Gasteiger partial charge in [0.2, 0.25) is 0 Å². The van der Waals surface area contributed by atoms with Crippen molar-refractivity contribution >= 4 is 41.4 Å². The third-order valence-corrected chi connectivity index (χ3v) is 6.10. The molecule has 0 aliphatic heterocycles. The second-order valence-corrected chi connectivity index (χ2v) is 9.25. The first-order chi connectivity index (χ1) is 15.0. The molecule has 3 aromatic rings. The van der Waals surface area contributed by atoms with Gasteiger partial charge in [-0.2, -0.15) is 0 Å². The fourth-order valence-electron chi connectivity index (χ4n) is 3.55. The van der Waals surface area contributed by atoms with Gasteiger partial charge in [-0.15, -0.1) is 24.2 Å². The number of hydrogen-bond acceptors (Lipinski definition) is 3. The van der Waals surface area contributed by atoms with Crippen LogP contribution in [0.2, 0.25) is 0 Å². The lowest BCUT2D eigenvalue weighted by atomic mass is 10.2. The van der Waals surface area contributed by atoms with E-state index in [2.05, 4.69) is 86.4 Å². The second-order valence-electron chi connectivity index (χ2n) is 8.09. The molecule has 3 aromatic carbocycles. The quantitative estimate of drug-likeness (QED) is 0.200. The van der Waals surface area contributed by atoms with Crippen LogP contribution in [-0.4, -0.2) is 35.1 Å². The third-order valence-electron chi connectivity index (χ3n) is 5.11. The highest BCUT2D eigenvalue weighted by Gasteiger charge is 2.12. The maximum absolute atomic E-state index is 4.91. The van der Waals surface area contributed by atoms with Gasteiger partial charge >= 0.3 is 0 Å². The fraction of sp³-hybridized carbons (Fsp3) is 0.296. The Hall–Kier alpha value is -2.27. The van der Waals surface area contributed by atoms with Crippen molar-refractivity contribution in [2.45, 2.75) is 44.7 Å². The lowest BCUT2D eigenvalue weighted by Gasteiger charge is -2.30. The SMILES string of the molecule is CC(C)N(CCSc1ccc(N=C(Nc2ccccc2)c2ccccc2)cc1)C(C)C.Cl. The zero-order chi connectivity index (χ0) is 22.1. The number of benzene rings is 3. The first kappa shape index (κ1) is 26.0. The van der Waals surface area contributed by atoms with Gasteiger partial charge < -0.3 is 5.32 Å². The molecule has 0 atom stereocenters. The molecule has 32 heavy (non-hydrogen) atoms. The molecule has 0 aromatic heterocycles. The summed E-state index contributed by atoms with van der Waals surface area (Å²) in [6, 6.07) is 30.1. The van der Waals surface area contributed by atoms with E-state index < -0.39 is 0 Å². The number of hydrogen-bond donors (Lipinski definition) is 1. The number of rotatable bonds is 9. The highest BCUT2D eigenvalue weighted by atomic mass is 35.5. The van der Waals surface area contributed by atoms with Crippen molar-refractivity contribution in [3.63, 3.8) is 0 Å². The Balaban J connectivity index is 0.00000363.